The molecule has 0 radical (unpaired) electrons. The number of nitrogens with one attached hydrogen (secondary N) is 1. The largest absolute Gasteiger partial charge is 0.497 e. The van der Waals surface area contributed by atoms with Crippen LogP contribution in [0.2, 0.25) is 0 Å². The second-order valence-corrected chi connectivity index (χ2v) is 6.12. The smallest absolute Gasteiger partial charge is 0.269 e. The van der Waals surface area contributed by atoms with Crippen LogP contribution in [-0.2, 0) is 13.5 Å². The van der Waals surface area contributed by atoms with E-state index in [2.05, 4.69) is 10.4 Å². The summed E-state index contributed by atoms with van der Waals surface area (Å²) in [6, 6.07) is 17.2. The van der Waals surface area contributed by atoms with Crippen molar-refractivity contribution in [3.8, 4) is 22.8 Å². The van der Waals surface area contributed by atoms with E-state index >= 15 is 0 Å². The lowest BCUT2D eigenvalue weighted by Crippen LogP contribution is -2.27. The molecule has 1 aromatic heterocycles. The first-order valence-electron chi connectivity index (χ1n) is 8.70. The molecule has 1 heterocycles. The molecule has 0 atom stereocenters. The van der Waals surface area contributed by atoms with Crippen molar-refractivity contribution in [2.24, 2.45) is 7.05 Å². The molecule has 3 rings (SSSR count). The second-order valence-electron chi connectivity index (χ2n) is 6.12. The normalized spacial score (nSPS) is 10.5. The zero-order valence-electron chi connectivity index (χ0n) is 15.7. The highest BCUT2D eigenvalue weighted by atomic mass is 16.5. The number of nitrogens with zero attached hydrogens (tertiary/aromatic N) is 2. The Labute approximate surface area is 158 Å². The van der Waals surface area contributed by atoms with E-state index in [4.69, 9.17) is 9.47 Å². The van der Waals surface area contributed by atoms with E-state index in [0.717, 1.165) is 34.7 Å². The fourth-order valence-electron chi connectivity index (χ4n) is 2.81. The number of hydrogen-bond acceptors (Lipinski definition) is 4. The summed E-state index contributed by atoms with van der Waals surface area (Å²) in [6.45, 7) is 0.546. The molecular weight excluding hydrogens is 342 g/mol. The molecular formula is C21H23N3O3. The quantitative estimate of drug-likeness (QED) is 0.699. The van der Waals surface area contributed by atoms with Crippen LogP contribution in [0.15, 0.2) is 54.6 Å². The maximum Gasteiger partial charge on any atom is 0.269 e. The number of carbonyl (C=O) groups is 1. The Balaban J connectivity index is 1.63. The Morgan fingerprint density at radius 2 is 1.78 bits per heavy atom. The van der Waals surface area contributed by atoms with Gasteiger partial charge in [0.1, 0.15) is 17.2 Å². The third-order valence-corrected chi connectivity index (χ3v) is 4.34. The monoisotopic (exact) mass is 365 g/mol. The molecule has 1 amide bonds. The summed E-state index contributed by atoms with van der Waals surface area (Å²) < 4.78 is 12.0. The predicted molar refractivity (Wildman–Crippen MR) is 104 cm³/mol. The Kier molecular flexibility index (Phi) is 5.76. The highest BCUT2D eigenvalue weighted by Gasteiger charge is 2.14. The van der Waals surface area contributed by atoms with Gasteiger partial charge in [-0.1, -0.05) is 24.3 Å². The van der Waals surface area contributed by atoms with Gasteiger partial charge in [0.25, 0.3) is 5.91 Å². The van der Waals surface area contributed by atoms with Crippen LogP contribution in [0.1, 0.15) is 16.1 Å². The molecule has 6 nitrogen and oxygen atoms in total. The topological polar surface area (TPSA) is 65.4 Å². The van der Waals surface area contributed by atoms with Crippen LogP contribution in [0, 0.1) is 0 Å². The number of amides is 1. The number of aromatic nitrogens is 2. The van der Waals surface area contributed by atoms with Crippen molar-refractivity contribution in [2.45, 2.75) is 6.42 Å². The summed E-state index contributed by atoms with van der Waals surface area (Å²) >= 11 is 0. The molecule has 0 fully saturated rings. The highest BCUT2D eigenvalue weighted by molar-refractivity contribution is 5.93. The molecule has 0 bridgehead atoms. The van der Waals surface area contributed by atoms with Gasteiger partial charge in [-0.2, -0.15) is 5.10 Å². The van der Waals surface area contributed by atoms with Gasteiger partial charge < -0.3 is 14.8 Å². The predicted octanol–water partition coefficient (Wildman–Crippen LogP) is 3.08. The maximum absolute atomic E-state index is 12.5. The van der Waals surface area contributed by atoms with Crippen LogP contribution in [0.25, 0.3) is 11.3 Å². The minimum atomic E-state index is -0.146. The van der Waals surface area contributed by atoms with E-state index in [0.29, 0.717) is 12.2 Å². The van der Waals surface area contributed by atoms with Crippen LogP contribution in [-0.4, -0.2) is 36.5 Å². The van der Waals surface area contributed by atoms with E-state index in [1.54, 1.807) is 32.0 Å². The maximum atomic E-state index is 12.5. The molecule has 2 aromatic carbocycles. The van der Waals surface area contributed by atoms with Gasteiger partial charge in [0.05, 0.1) is 19.9 Å². The summed E-state index contributed by atoms with van der Waals surface area (Å²) in [5.74, 6) is 1.43. The molecule has 27 heavy (non-hydrogen) atoms. The number of ether oxygens (including phenoxy) is 2. The molecule has 0 saturated carbocycles. The number of rotatable bonds is 7. The molecule has 0 spiro atoms. The van der Waals surface area contributed by atoms with Crippen LogP contribution in [0.3, 0.4) is 0 Å². The van der Waals surface area contributed by atoms with Crippen LogP contribution in [0.4, 0.5) is 0 Å². The Morgan fingerprint density at radius 1 is 1.04 bits per heavy atom. The van der Waals surface area contributed by atoms with E-state index < -0.39 is 0 Å². The number of methoxy groups -OCH3 is 2. The minimum Gasteiger partial charge on any atom is -0.497 e. The van der Waals surface area contributed by atoms with Gasteiger partial charge in [0.15, 0.2) is 0 Å². The molecule has 0 aliphatic rings. The number of benzene rings is 2. The molecule has 3 aromatic rings. The van der Waals surface area contributed by atoms with E-state index in [9.17, 15) is 4.79 Å². The number of carbonyl (C=O) groups excluding carboxylic acids is 1. The zero-order valence-corrected chi connectivity index (χ0v) is 15.7. The average Bonchev–Trinajstić information content (AvgIpc) is 3.10. The lowest BCUT2D eigenvalue weighted by Gasteiger charge is -2.06. The summed E-state index contributed by atoms with van der Waals surface area (Å²) in [6.07, 6.45) is 0.746. The number of aryl methyl sites for hydroxylation is 1. The zero-order chi connectivity index (χ0) is 19.2. The Bertz CT molecular complexity index is 917. The fourth-order valence-corrected chi connectivity index (χ4v) is 2.81. The third-order valence-electron chi connectivity index (χ3n) is 4.34. The molecule has 0 aliphatic heterocycles. The Morgan fingerprint density at radius 3 is 2.48 bits per heavy atom. The van der Waals surface area contributed by atoms with Crippen molar-refractivity contribution in [1.82, 2.24) is 15.1 Å². The van der Waals surface area contributed by atoms with E-state index in [1.807, 2.05) is 48.5 Å². The standard InChI is InChI=1S/C21H23N3O3/c1-24-20(14-19(23-24)16-5-4-6-18(13-16)27-3)21(25)22-12-11-15-7-9-17(26-2)10-8-15/h4-10,13-14H,11-12H2,1-3H3,(H,22,25). The van der Waals surface area contributed by atoms with Crippen LogP contribution in [0.5, 0.6) is 11.5 Å². The van der Waals surface area contributed by atoms with Crippen LogP contribution < -0.4 is 14.8 Å². The summed E-state index contributed by atoms with van der Waals surface area (Å²) in [5, 5.41) is 7.40. The van der Waals surface area contributed by atoms with Crippen molar-refractivity contribution in [1.29, 1.82) is 0 Å². The van der Waals surface area contributed by atoms with Gasteiger partial charge in [0, 0.05) is 19.2 Å². The van der Waals surface area contributed by atoms with Crippen molar-refractivity contribution in [3.05, 3.63) is 65.9 Å². The Hall–Kier alpha value is -3.28. The van der Waals surface area contributed by atoms with E-state index in [1.165, 1.54) is 0 Å². The number of hydrogen-bond donors (Lipinski definition) is 1. The van der Waals surface area contributed by atoms with E-state index in [-0.39, 0.29) is 5.91 Å². The molecule has 6 heteroatoms. The molecule has 0 unspecified atom stereocenters. The summed E-state index contributed by atoms with van der Waals surface area (Å²) in [7, 11) is 5.03. The van der Waals surface area contributed by atoms with Gasteiger partial charge in [0.2, 0.25) is 0 Å². The highest BCUT2D eigenvalue weighted by Crippen LogP contribution is 2.23. The molecule has 0 saturated heterocycles. The average molecular weight is 365 g/mol. The van der Waals surface area contributed by atoms with Gasteiger partial charge in [-0.05, 0) is 42.3 Å². The second kappa shape index (κ2) is 8.40. The molecule has 140 valence electrons. The van der Waals surface area contributed by atoms with Crippen molar-refractivity contribution < 1.29 is 14.3 Å². The van der Waals surface area contributed by atoms with Crippen molar-refractivity contribution in [2.75, 3.05) is 20.8 Å². The van der Waals surface area contributed by atoms with Crippen molar-refractivity contribution in [3.63, 3.8) is 0 Å². The first-order chi connectivity index (χ1) is 13.1. The van der Waals surface area contributed by atoms with Crippen LogP contribution >= 0.6 is 0 Å². The van der Waals surface area contributed by atoms with Gasteiger partial charge in [-0.3, -0.25) is 9.48 Å². The minimum absolute atomic E-state index is 0.146. The lowest BCUT2D eigenvalue weighted by molar-refractivity contribution is 0.0944. The van der Waals surface area contributed by atoms with Crippen molar-refractivity contribution >= 4 is 5.91 Å². The molecule has 1 N–H and O–H groups in total. The fraction of sp³-hybridized carbons (Fsp3) is 0.238. The molecule has 0 aliphatic carbocycles. The van der Waals surface area contributed by atoms with Gasteiger partial charge >= 0.3 is 0 Å². The SMILES string of the molecule is COc1ccc(CCNC(=O)c2cc(-c3cccc(OC)c3)nn2C)cc1. The first kappa shape index (κ1) is 18.5. The van der Waals surface area contributed by atoms with Gasteiger partial charge in [-0.25, -0.2) is 0 Å². The first-order valence-corrected chi connectivity index (χ1v) is 8.70. The summed E-state index contributed by atoms with van der Waals surface area (Å²) in [4.78, 5) is 12.5. The lowest BCUT2D eigenvalue weighted by atomic mass is 10.1. The van der Waals surface area contributed by atoms with Gasteiger partial charge in [-0.15, -0.1) is 0 Å². The third kappa shape index (κ3) is 4.47. The summed E-state index contributed by atoms with van der Waals surface area (Å²) in [5.41, 5.74) is 3.29.